The molecule has 1 N–H and O–H groups in total. The fourth-order valence-corrected chi connectivity index (χ4v) is 3.81. The van der Waals surface area contributed by atoms with Gasteiger partial charge in [0.2, 0.25) is 0 Å². The normalized spacial score (nSPS) is 19.1. The van der Waals surface area contributed by atoms with Crippen LogP contribution in [0.2, 0.25) is 10.0 Å². The van der Waals surface area contributed by atoms with E-state index in [1.54, 1.807) is 0 Å². The standard InChI is InChI=1S/C16H23Cl2N/c1-2-19-16(12-8-5-3-4-6-9-12)15-13(17)10-7-11-14(15)18/h7,10-12,16,19H,2-6,8-9H2,1H3. The van der Waals surface area contributed by atoms with E-state index in [-0.39, 0.29) is 0 Å². The maximum Gasteiger partial charge on any atom is 0.0468 e. The number of nitrogens with one attached hydrogen (secondary N) is 1. The molecule has 2 rings (SSSR count). The summed E-state index contributed by atoms with van der Waals surface area (Å²) in [7, 11) is 0. The van der Waals surface area contributed by atoms with E-state index in [1.807, 2.05) is 18.2 Å². The third-order valence-electron chi connectivity index (χ3n) is 4.11. The highest BCUT2D eigenvalue weighted by molar-refractivity contribution is 6.36. The van der Waals surface area contributed by atoms with E-state index in [2.05, 4.69) is 12.2 Å². The van der Waals surface area contributed by atoms with Crippen molar-refractivity contribution in [2.24, 2.45) is 5.92 Å². The predicted molar refractivity (Wildman–Crippen MR) is 84.1 cm³/mol. The zero-order valence-electron chi connectivity index (χ0n) is 11.6. The number of hydrogen-bond donors (Lipinski definition) is 1. The van der Waals surface area contributed by atoms with Gasteiger partial charge in [-0.3, -0.25) is 0 Å². The molecule has 0 aromatic heterocycles. The van der Waals surface area contributed by atoms with Gasteiger partial charge in [0.05, 0.1) is 0 Å². The Hall–Kier alpha value is -0.240. The highest BCUT2D eigenvalue weighted by Gasteiger charge is 2.26. The zero-order valence-corrected chi connectivity index (χ0v) is 13.1. The molecule has 19 heavy (non-hydrogen) atoms. The molecule has 0 heterocycles. The number of halogens is 2. The van der Waals surface area contributed by atoms with Crippen LogP contribution < -0.4 is 5.32 Å². The van der Waals surface area contributed by atoms with Crippen molar-refractivity contribution in [1.82, 2.24) is 5.32 Å². The van der Waals surface area contributed by atoms with E-state index in [0.717, 1.165) is 22.2 Å². The molecule has 0 radical (unpaired) electrons. The largest absolute Gasteiger partial charge is 0.310 e. The lowest BCUT2D eigenvalue weighted by atomic mass is 9.87. The molecule has 1 saturated carbocycles. The molecule has 1 nitrogen and oxygen atoms in total. The summed E-state index contributed by atoms with van der Waals surface area (Å²) in [6.45, 7) is 3.09. The summed E-state index contributed by atoms with van der Waals surface area (Å²) in [6.07, 6.45) is 7.94. The molecular formula is C16H23Cl2N. The van der Waals surface area contributed by atoms with Gasteiger partial charge in [0.1, 0.15) is 0 Å². The van der Waals surface area contributed by atoms with E-state index in [9.17, 15) is 0 Å². The van der Waals surface area contributed by atoms with Crippen LogP contribution in [-0.2, 0) is 0 Å². The molecule has 1 aromatic carbocycles. The quantitative estimate of drug-likeness (QED) is 0.712. The Morgan fingerprint density at radius 3 is 2.21 bits per heavy atom. The van der Waals surface area contributed by atoms with E-state index < -0.39 is 0 Å². The molecule has 1 atom stereocenters. The first kappa shape index (κ1) is 15.2. The summed E-state index contributed by atoms with van der Waals surface area (Å²) in [4.78, 5) is 0. The van der Waals surface area contributed by atoms with E-state index in [0.29, 0.717) is 12.0 Å². The maximum absolute atomic E-state index is 6.40. The summed E-state index contributed by atoms with van der Waals surface area (Å²) in [5, 5.41) is 5.20. The summed E-state index contributed by atoms with van der Waals surface area (Å²) in [5.74, 6) is 0.653. The summed E-state index contributed by atoms with van der Waals surface area (Å²) < 4.78 is 0. The van der Waals surface area contributed by atoms with Gasteiger partial charge in [0.15, 0.2) is 0 Å². The predicted octanol–water partition coefficient (Wildman–Crippen LogP) is 5.61. The Kier molecular flexibility index (Phi) is 6.00. The monoisotopic (exact) mass is 299 g/mol. The molecule has 0 saturated heterocycles. The van der Waals surface area contributed by atoms with Gasteiger partial charge in [-0.05, 0) is 37.4 Å². The number of rotatable bonds is 4. The molecule has 3 heteroatoms. The topological polar surface area (TPSA) is 12.0 Å². The molecule has 1 fully saturated rings. The maximum atomic E-state index is 6.40. The summed E-state index contributed by atoms with van der Waals surface area (Å²) >= 11 is 12.8. The highest BCUT2D eigenvalue weighted by atomic mass is 35.5. The van der Waals surface area contributed by atoms with Crippen molar-refractivity contribution in [3.05, 3.63) is 33.8 Å². The van der Waals surface area contributed by atoms with Crippen LogP contribution >= 0.6 is 23.2 Å². The van der Waals surface area contributed by atoms with Crippen LogP contribution in [0.5, 0.6) is 0 Å². The first-order valence-corrected chi connectivity index (χ1v) is 8.17. The Bertz CT molecular complexity index is 377. The minimum atomic E-state index is 0.296. The van der Waals surface area contributed by atoms with Gasteiger partial charge >= 0.3 is 0 Å². The lowest BCUT2D eigenvalue weighted by Crippen LogP contribution is -2.28. The zero-order chi connectivity index (χ0) is 13.7. The highest BCUT2D eigenvalue weighted by Crippen LogP contribution is 2.39. The molecule has 1 aliphatic carbocycles. The van der Waals surface area contributed by atoms with Crippen molar-refractivity contribution in [2.75, 3.05) is 6.54 Å². The van der Waals surface area contributed by atoms with Crippen molar-refractivity contribution in [2.45, 2.75) is 51.5 Å². The Balaban J connectivity index is 2.27. The van der Waals surface area contributed by atoms with Gasteiger partial charge in [-0.1, -0.05) is 61.9 Å². The second-order valence-electron chi connectivity index (χ2n) is 5.42. The van der Waals surface area contributed by atoms with Crippen LogP contribution in [0, 0.1) is 5.92 Å². The van der Waals surface area contributed by atoms with Gasteiger partial charge < -0.3 is 5.32 Å². The van der Waals surface area contributed by atoms with Crippen LogP contribution in [-0.4, -0.2) is 6.54 Å². The molecule has 1 aliphatic rings. The fourth-order valence-electron chi connectivity index (χ4n) is 3.18. The minimum Gasteiger partial charge on any atom is -0.310 e. The van der Waals surface area contributed by atoms with Crippen LogP contribution in [0.25, 0.3) is 0 Å². The lowest BCUT2D eigenvalue weighted by Gasteiger charge is -2.29. The molecule has 0 amide bonds. The molecule has 1 aromatic rings. The molecule has 106 valence electrons. The Morgan fingerprint density at radius 2 is 1.68 bits per heavy atom. The average molecular weight is 300 g/mol. The second kappa shape index (κ2) is 7.52. The van der Waals surface area contributed by atoms with Crippen LogP contribution in [0.15, 0.2) is 18.2 Å². The van der Waals surface area contributed by atoms with E-state index in [4.69, 9.17) is 23.2 Å². The Morgan fingerprint density at radius 1 is 1.11 bits per heavy atom. The van der Waals surface area contributed by atoms with Crippen LogP contribution in [0.4, 0.5) is 0 Å². The van der Waals surface area contributed by atoms with E-state index >= 15 is 0 Å². The van der Waals surface area contributed by atoms with Gasteiger partial charge in [-0.15, -0.1) is 0 Å². The third-order valence-corrected chi connectivity index (χ3v) is 4.77. The number of hydrogen-bond acceptors (Lipinski definition) is 1. The third kappa shape index (κ3) is 3.87. The van der Waals surface area contributed by atoms with Crippen molar-refractivity contribution in [1.29, 1.82) is 0 Å². The summed E-state index contributed by atoms with van der Waals surface area (Å²) in [5.41, 5.74) is 1.10. The fraction of sp³-hybridized carbons (Fsp3) is 0.625. The van der Waals surface area contributed by atoms with Gasteiger partial charge in [0.25, 0.3) is 0 Å². The molecule has 0 bridgehead atoms. The van der Waals surface area contributed by atoms with Crippen LogP contribution in [0.1, 0.15) is 57.1 Å². The second-order valence-corrected chi connectivity index (χ2v) is 6.24. The van der Waals surface area contributed by atoms with Crippen LogP contribution in [0.3, 0.4) is 0 Å². The van der Waals surface area contributed by atoms with Gasteiger partial charge in [0, 0.05) is 21.7 Å². The van der Waals surface area contributed by atoms with E-state index in [1.165, 1.54) is 38.5 Å². The molecule has 0 spiro atoms. The first-order valence-electron chi connectivity index (χ1n) is 7.41. The lowest BCUT2D eigenvalue weighted by molar-refractivity contribution is 0.330. The molecule has 0 aliphatic heterocycles. The summed E-state index contributed by atoms with van der Waals surface area (Å²) in [6, 6.07) is 6.11. The van der Waals surface area contributed by atoms with Crippen molar-refractivity contribution < 1.29 is 0 Å². The van der Waals surface area contributed by atoms with Crippen molar-refractivity contribution in [3.8, 4) is 0 Å². The first-order chi connectivity index (χ1) is 9.24. The molecular weight excluding hydrogens is 277 g/mol. The number of benzene rings is 1. The molecule has 1 unspecified atom stereocenters. The Labute approximate surface area is 126 Å². The van der Waals surface area contributed by atoms with Gasteiger partial charge in [-0.2, -0.15) is 0 Å². The van der Waals surface area contributed by atoms with Gasteiger partial charge in [-0.25, -0.2) is 0 Å². The SMILES string of the molecule is CCNC(c1c(Cl)cccc1Cl)C1CCCCCC1. The minimum absolute atomic E-state index is 0.296. The average Bonchev–Trinajstić information content (AvgIpc) is 2.66. The van der Waals surface area contributed by atoms with Crippen molar-refractivity contribution in [3.63, 3.8) is 0 Å². The van der Waals surface area contributed by atoms with Crippen molar-refractivity contribution >= 4 is 23.2 Å². The smallest absolute Gasteiger partial charge is 0.0468 e.